The third-order valence-electron chi connectivity index (χ3n) is 3.66. The van der Waals surface area contributed by atoms with Crippen molar-refractivity contribution in [3.8, 4) is 0 Å². The van der Waals surface area contributed by atoms with Gasteiger partial charge in [0.2, 0.25) is 0 Å². The molecular weight excluding hydrogens is 424 g/mol. The van der Waals surface area contributed by atoms with Crippen LogP contribution in [0, 0.1) is 0 Å². The molecule has 130 valence electrons. The van der Waals surface area contributed by atoms with Crippen molar-refractivity contribution in [2.45, 2.75) is 24.0 Å². The lowest BCUT2D eigenvalue weighted by Gasteiger charge is -2.08. The maximum Gasteiger partial charge on any atom is 0.257 e. The molecule has 0 bridgehead atoms. The number of hydrogen-bond donors (Lipinski definition) is 1. The van der Waals surface area contributed by atoms with Crippen molar-refractivity contribution >= 4 is 58.4 Å². The Kier molecular flexibility index (Phi) is 4.95. The summed E-state index contributed by atoms with van der Waals surface area (Å²) in [6.45, 7) is 3.25. The summed E-state index contributed by atoms with van der Waals surface area (Å²) in [6, 6.07) is 11.7. The minimum Gasteiger partial charge on any atom is -0.298 e. The van der Waals surface area contributed by atoms with Crippen molar-refractivity contribution in [1.82, 2.24) is 4.98 Å². The normalized spacial score (nSPS) is 11.8. The predicted octanol–water partition coefficient (Wildman–Crippen LogP) is 4.49. The molecule has 0 saturated carbocycles. The second kappa shape index (κ2) is 6.86. The van der Waals surface area contributed by atoms with Crippen LogP contribution >= 0.6 is 27.3 Å². The number of hydrogen-bond acceptors (Lipinski definition) is 5. The first-order valence-electron chi connectivity index (χ1n) is 7.49. The minimum atomic E-state index is -3.35. The van der Waals surface area contributed by atoms with Crippen LogP contribution in [0.25, 0.3) is 10.2 Å². The Morgan fingerprint density at radius 1 is 1.16 bits per heavy atom. The highest BCUT2D eigenvalue weighted by molar-refractivity contribution is 9.10. The van der Waals surface area contributed by atoms with Gasteiger partial charge in [-0.25, -0.2) is 13.4 Å². The van der Waals surface area contributed by atoms with Crippen LogP contribution in [-0.4, -0.2) is 24.6 Å². The predicted molar refractivity (Wildman–Crippen MR) is 104 cm³/mol. The lowest BCUT2D eigenvalue weighted by Crippen LogP contribution is -2.15. The van der Waals surface area contributed by atoms with Crippen LogP contribution in [0.4, 0.5) is 5.13 Å². The zero-order chi connectivity index (χ0) is 18.2. The first kappa shape index (κ1) is 18.0. The summed E-state index contributed by atoms with van der Waals surface area (Å²) in [7, 11) is -3.35. The molecule has 1 heterocycles. The van der Waals surface area contributed by atoms with Crippen molar-refractivity contribution in [3.05, 3.63) is 52.5 Å². The fraction of sp³-hybridized carbons (Fsp3) is 0.176. The van der Waals surface area contributed by atoms with E-state index in [0.717, 1.165) is 14.7 Å². The lowest BCUT2D eigenvalue weighted by atomic mass is 10.2. The first-order chi connectivity index (χ1) is 11.8. The van der Waals surface area contributed by atoms with Gasteiger partial charge in [0, 0.05) is 10.0 Å². The fourth-order valence-electron chi connectivity index (χ4n) is 2.21. The lowest BCUT2D eigenvalue weighted by molar-refractivity contribution is 0.102. The molecule has 0 fully saturated rings. The average Bonchev–Trinajstić information content (AvgIpc) is 2.98. The number of amides is 1. The minimum absolute atomic E-state index is 0.211. The summed E-state index contributed by atoms with van der Waals surface area (Å²) >= 11 is 4.81. The average molecular weight is 439 g/mol. The molecule has 1 amide bonds. The Morgan fingerprint density at radius 3 is 2.44 bits per heavy atom. The van der Waals surface area contributed by atoms with E-state index in [1.165, 1.54) is 35.6 Å². The number of halogens is 1. The second-order valence-electron chi connectivity index (χ2n) is 5.68. The smallest absolute Gasteiger partial charge is 0.257 e. The number of fused-ring (bicyclic) bond motifs is 1. The van der Waals surface area contributed by atoms with E-state index < -0.39 is 15.1 Å². The third kappa shape index (κ3) is 3.61. The van der Waals surface area contributed by atoms with Gasteiger partial charge in [-0.15, -0.1) is 0 Å². The summed E-state index contributed by atoms with van der Waals surface area (Å²) in [6.07, 6.45) is 0. The topological polar surface area (TPSA) is 76.1 Å². The van der Waals surface area contributed by atoms with E-state index in [4.69, 9.17) is 0 Å². The van der Waals surface area contributed by atoms with Crippen LogP contribution in [0.2, 0.25) is 0 Å². The summed E-state index contributed by atoms with van der Waals surface area (Å²) in [4.78, 5) is 17.0. The van der Waals surface area contributed by atoms with Crippen molar-refractivity contribution in [1.29, 1.82) is 0 Å². The number of para-hydroxylation sites is 1. The van der Waals surface area contributed by atoms with Crippen molar-refractivity contribution in [2.24, 2.45) is 0 Å². The first-order valence-corrected chi connectivity index (χ1v) is 10.6. The van der Waals surface area contributed by atoms with Gasteiger partial charge in [-0.2, -0.15) is 0 Å². The summed E-state index contributed by atoms with van der Waals surface area (Å²) < 4.78 is 26.1. The molecule has 0 aliphatic rings. The molecule has 25 heavy (non-hydrogen) atoms. The number of thiazole rings is 1. The Bertz CT molecular complexity index is 1040. The number of sulfone groups is 1. The van der Waals surface area contributed by atoms with E-state index in [9.17, 15) is 13.2 Å². The third-order valence-corrected chi connectivity index (χ3v) is 7.40. The largest absolute Gasteiger partial charge is 0.298 e. The van der Waals surface area contributed by atoms with Gasteiger partial charge in [0.15, 0.2) is 15.0 Å². The van der Waals surface area contributed by atoms with Crippen molar-refractivity contribution < 1.29 is 13.2 Å². The quantitative estimate of drug-likeness (QED) is 0.650. The van der Waals surface area contributed by atoms with Gasteiger partial charge in [0.05, 0.1) is 20.4 Å². The number of carbonyl (C=O) groups excluding carboxylic acids is 1. The molecule has 3 rings (SSSR count). The zero-order valence-electron chi connectivity index (χ0n) is 13.5. The Morgan fingerprint density at radius 2 is 1.84 bits per heavy atom. The number of benzene rings is 2. The van der Waals surface area contributed by atoms with Crippen molar-refractivity contribution in [3.63, 3.8) is 0 Å². The molecule has 0 radical (unpaired) electrons. The number of aromatic nitrogens is 1. The van der Waals surface area contributed by atoms with Gasteiger partial charge in [-0.1, -0.05) is 17.4 Å². The van der Waals surface area contributed by atoms with E-state index in [-0.39, 0.29) is 10.8 Å². The molecule has 2 aromatic carbocycles. The van der Waals surface area contributed by atoms with Crippen LogP contribution in [0.3, 0.4) is 0 Å². The van der Waals surface area contributed by atoms with E-state index in [2.05, 4.69) is 26.2 Å². The summed E-state index contributed by atoms with van der Waals surface area (Å²) in [5.41, 5.74) is 1.17. The molecule has 0 aliphatic carbocycles. The number of nitrogens with zero attached hydrogens (tertiary/aromatic N) is 1. The number of carbonyl (C=O) groups is 1. The molecule has 0 spiro atoms. The van der Waals surface area contributed by atoms with E-state index in [1.54, 1.807) is 13.8 Å². The molecule has 3 aromatic rings. The highest BCUT2D eigenvalue weighted by Crippen LogP contribution is 2.31. The van der Waals surface area contributed by atoms with Gasteiger partial charge in [0.25, 0.3) is 5.91 Å². The summed E-state index contributed by atoms with van der Waals surface area (Å²) in [5.74, 6) is -0.330. The zero-order valence-corrected chi connectivity index (χ0v) is 16.7. The monoisotopic (exact) mass is 438 g/mol. The molecule has 1 aromatic heterocycles. The van der Waals surface area contributed by atoms with Crippen molar-refractivity contribution in [2.75, 3.05) is 5.32 Å². The molecule has 0 saturated heterocycles. The number of rotatable bonds is 4. The molecule has 1 N–H and O–H groups in total. The fourth-order valence-corrected chi connectivity index (χ4v) is 4.74. The summed E-state index contributed by atoms with van der Waals surface area (Å²) in [5, 5.41) is 2.74. The van der Waals surface area contributed by atoms with Crippen LogP contribution in [0.1, 0.15) is 24.2 Å². The maximum atomic E-state index is 12.4. The van der Waals surface area contributed by atoms with Gasteiger partial charge in [0.1, 0.15) is 0 Å². The SMILES string of the molecule is CC(C)S(=O)(=O)c1ccc(C(=O)Nc2nc3c(Br)cccc3s2)cc1. The molecule has 0 unspecified atom stereocenters. The molecule has 5 nitrogen and oxygen atoms in total. The number of nitrogens with one attached hydrogen (secondary N) is 1. The molecule has 8 heteroatoms. The Labute approximate surface area is 158 Å². The van der Waals surface area contributed by atoms with Crippen LogP contribution in [-0.2, 0) is 9.84 Å². The van der Waals surface area contributed by atoms with E-state index >= 15 is 0 Å². The van der Waals surface area contributed by atoms with Crippen LogP contribution in [0.5, 0.6) is 0 Å². The maximum absolute atomic E-state index is 12.4. The standard InChI is InChI=1S/C17H15BrN2O3S2/c1-10(2)25(22,23)12-8-6-11(7-9-12)16(21)20-17-19-15-13(18)4-3-5-14(15)24-17/h3-10H,1-2H3,(H,19,20,21). The van der Waals surface area contributed by atoms with Crippen LogP contribution < -0.4 is 5.32 Å². The van der Waals surface area contributed by atoms with E-state index in [0.29, 0.717) is 10.7 Å². The van der Waals surface area contributed by atoms with Gasteiger partial charge in [-0.05, 0) is 66.2 Å². The molecular formula is C17H15BrN2O3S2. The number of anilines is 1. The highest BCUT2D eigenvalue weighted by atomic mass is 79.9. The Hall–Kier alpha value is -1.77. The van der Waals surface area contributed by atoms with Gasteiger partial charge < -0.3 is 0 Å². The highest BCUT2D eigenvalue weighted by Gasteiger charge is 2.19. The van der Waals surface area contributed by atoms with Crippen LogP contribution in [0.15, 0.2) is 51.8 Å². The Balaban J connectivity index is 1.82. The second-order valence-corrected chi connectivity index (χ2v) is 10.1. The van der Waals surface area contributed by atoms with Gasteiger partial charge in [-0.3, -0.25) is 10.1 Å². The van der Waals surface area contributed by atoms with E-state index in [1.807, 2.05) is 18.2 Å². The molecule has 0 aliphatic heterocycles. The molecule has 0 atom stereocenters. The van der Waals surface area contributed by atoms with Gasteiger partial charge >= 0.3 is 0 Å².